The molecule has 2 atom stereocenters. The molecule has 7 nitrogen and oxygen atoms in total. The van der Waals surface area contributed by atoms with Crippen molar-refractivity contribution in [2.45, 2.75) is 64.4 Å². The van der Waals surface area contributed by atoms with Crippen molar-refractivity contribution < 1.29 is 24.1 Å². The van der Waals surface area contributed by atoms with Gasteiger partial charge in [0.25, 0.3) is 0 Å². The van der Waals surface area contributed by atoms with Crippen molar-refractivity contribution in [1.82, 2.24) is 4.98 Å². The van der Waals surface area contributed by atoms with E-state index in [9.17, 15) is 9.90 Å². The molecule has 1 amide bonds. The Labute approximate surface area is 269 Å². The number of aliphatic hydroxyl groups is 1. The number of fused-ring (bicyclic) bond motifs is 1. The molecule has 0 radical (unpaired) electrons. The molecule has 0 aliphatic carbocycles. The van der Waals surface area contributed by atoms with Crippen LogP contribution in [0.3, 0.4) is 0 Å². The summed E-state index contributed by atoms with van der Waals surface area (Å²) in [4.78, 5) is 20.3. The Morgan fingerprint density at radius 2 is 1.76 bits per heavy atom. The number of benzene rings is 3. The molecule has 1 N–H and O–H groups in total. The highest BCUT2D eigenvalue weighted by Crippen LogP contribution is 2.45. The highest BCUT2D eigenvalue weighted by atomic mass is 35.5. The van der Waals surface area contributed by atoms with E-state index in [1.807, 2.05) is 105 Å². The summed E-state index contributed by atoms with van der Waals surface area (Å²) in [5, 5.41) is 12.1. The van der Waals surface area contributed by atoms with Crippen LogP contribution >= 0.6 is 11.6 Å². The lowest BCUT2D eigenvalue weighted by atomic mass is 9.78. The van der Waals surface area contributed by atoms with Crippen LogP contribution < -0.4 is 14.4 Å². The summed E-state index contributed by atoms with van der Waals surface area (Å²) in [6.07, 6.45) is 3.46. The molecule has 8 heteroatoms. The van der Waals surface area contributed by atoms with Crippen LogP contribution in [0.25, 0.3) is 0 Å². The zero-order valence-corrected chi connectivity index (χ0v) is 26.7. The Kier molecular flexibility index (Phi) is 9.13. The fourth-order valence-electron chi connectivity index (χ4n) is 6.37. The molecule has 1 saturated heterocycles. The number of rotatable bonds is 9. The lowest BCUT2D eigenvalue weighted by Crippen LogP contribution is -2.41. The molecule has 234 valence electrons. The number of pyridine rings is 1. The van der Waals surface area contributed by atoms with Gasteiger partial charge >= 0.3 is 0 Å². The van der Waals surface area contributed by atoms with E-state index >= 15 is 0 Å². The van der Waals surface area contributed by atoms with Gasteiger partial charge in [-0.05, 0) is 110 Å². The summed E-state index contributed by atoms with van der Waals surface area (Å²) in [5.74, 6) is 1.25. The molecule has 1 aromatic heterocycles. The van der Waals surface area contributed by atoms with Gasteiger partial charge < -0.3 is 24.2 Å². The number of hydrogen-bond donors (Lipinski definition) is 1. The van der Waals surface area contributed by atoms with E-state index in [-0.39, 0.29) is 31.0 Å². The SMILES string of the molecule is CC(C)Oc1cc2c(cc1OCc1ccccn1)CC(=O)N(c1ccc(C(C)(O)C3CCOCC3)cc1)C2c1ccc(Cl)cc1. The second-order valence-corrected chi connectivity index (χ2v) is 12.7. The Bertz CT molecular complexity index is 1620. The van der Waals surface area contributed by atoms with Gasteiger partial charge in [-0.15, -0.1) is 0 Å². The van der Waals surface area contributed by atoms with E-state index in [0.29, 0.717) is 29.7 Å². The molecular weight excluding hydrogens is 588 g/mol. The third kappa shape index (κ3) is 6.71. The largest absolute Gasteiger partial charge is 0.487 e. The second kappa shape index (κ2) is 13.2. The second-order valence-electron chi connectivity index (χ2n) is 12.2. The standard InChI is InChI=1S/C37H39ClN2O5/c1-24(2)45-34-22-32-26(20-33(34)44-23-30-6-4-5-17-39-30)21-35(41)40(36(32)25-7-11-29(38)12-8-25)31-13-9-27(10-14-31)37(3,42)28-15-18-43-19-16-28/h4-14,17,20,22,24,28,36,42H,15-16,18-19,21,23H2,1-3H3. The number of aromatic nitrogens is 1. The fourth-order valence-corrected chi connectivity index (χ4v) is 6.50. The Morgan fingerprint density at radius 1 is 1.02 bits per heavy atom. The molecular formula is C37H39ClN2O5. The number of hydrogen-bond acceptors (Lipinski definition) is 6. The highest BCUT2D eigenvalue weighted by molar-refractivity contribution is 6.30. The van der Waals surface area contributed by atoms with Crippen molar-refractivity contribution in [2.75, 3.05) is 18.1 Å². The first kappa shape index (κ1) is 31.1. The molecule has 2 unspecified atom stereocenters. The number of anilines is 1. The summed E-state index contributed by atoms with van der Waals surface area (Å²) >= 11 is 6.29. The van der Waals surface area contributed by atoms with Crippen molar-refractivity contribution in [3.63, 3.8) is 0 Å². The molecule has 2 aliphatic heterocycles. The minimum atomic E-state index is -0.995. The van der Waals surface area contributed by atoms with Gasteiger partial charge in [0.05, 0.1) is 29.9 Å². The number of ether oxygens (including phenoxy) is 3. The van der Waals surface area contributed by atoms with Crippen molar-refractivity contribution in [2.24, 2.45) is 5.92 Å². The summed E-state index contributed by atoms with van der Waals surface area (Å²) in [6.45, 7) is 7.42. The van der Waals surface area contributed by atoms with Crippen LogP contribution in [0.5, 0.6) is 11.5 Å². The van der Waals surface area contributed by atoms with Gasteiger partial charge in [-0.3, -0.25) is 9.78 Å². The number of carbonyl (C=O) groups excluding carboxylic acids is 1. The van der Waals surface area contributed by atoms with Crippen molar-refractivity contribution in [3.05, 3.63) is 118 Å². The highest BCUT2D eigenvalue weighted by Gasteiger charge is 2.38. The lowest BCUT2D eigenvalue weighted by Gasteiger charge is -2.39. The summed E-state index contributed by atoms with van der Waals surface area (Å²) in [7, 11) is 0. The maximum absolute atomic E-state index is 14.0. The van der Waals surface area contributed by atoms with E-state index in [0.717, 1.165) is 46.5 Å². The first-order chi connectivity index (χ1) is 21.7. The van der Waals surface area contributed by atoms with Crippen LogP contribution in [0.15, 0.2) is 85.1 Å². The number of nitrogens with zero attached hydrogens (tertiary/aromatic N) is 2. The predicted octanol–water partition coefficient (Wildman–Crippen LogP) is 7.41. The smallest absolute Gasteiger partial charge is 0.232 e. The van der Waals surface area contributed by atoms with Crippen LogP contribution in [0.4, 0.5) is 5.69 Å². The van der Waals surface area contributed by atoms with Gasteiger partial charge in [0.15, 0.2) is 11.5 Å². The zero-order valence-electron chi connectivity index (χ0n) is 25.9. The van der Waals surface area contributed by atoms with Gasteiger partial charge in [-0.2, -0.15) is 0 Å². The molecule has 3 aromatic carbocycles. The Hall–Kier alpha value is -3.91. The molecule has 0 saturated carbocycles. The van der Waals surface area contributed by atoms with Crippen molar-refractivity contribution >= 4 is 23.2 Å². The van der Waals surface area contributed by atoms with E-state index in [1.54, 1.807) is 6.20 Å². The van der Waals surface area contributed by atoms with Crippen LogP contribution in [0.1, 0.15) is 67.6 Å². The van der Waals surface area contributed by atoms with E-state index in [4.69, 9.17) is 25.8 Å². The summed E-state index contributed by atoms with van der Waals surface area (Å²) in [6, 6.07) is 24.6. The monoisotopic (exact) mass is 626 g/mol. The Morgan fingerprint density at radius 3 is 2.42 bits per heavy atom. The molecule has 2 aliphatic rings. The molecule has 45 heavy (non-hydrogen) atoms. The summed E-state index contributed by atoms with van der Waals surface area (Å²) < 4.78 is 18.0. The van der Waals surface area contributed by atoms with E-state index in [2.05, 4.69) is 4.98 Å². The first-order valence-corrected chi connectivity index (χ1v) is 15.9. The predicted molar refractivity (Wildman–Crippen MR) is 175 cm³/mol. The van der Waals surface area contributed by atoms with Crippen LogP contribution in [-0.2, 0) is 28.2 Å². The lowest BCUT2D eigenvalue weighted by molar-refractivity contribution is -0.118. The zero-order chi connectivity index (χ0) is 31.6. The normalized spacial score (nSPS) is 18.4. The van der Waals surface area contributed by atoms with Gasteiger partial charge in [0, 0.05) is 30.1 Å². The molecule has 3 heterocycles. The van der Waals surface area contributed by atoms with Crippen molar-refractivity contribution in [3.8, 4) is 11.5 Å². The van der Waals surface area contributed by atoms with E-state index in [1.165, 1.54) is 0 Å². The van der Waals surface area contributed by atoms with E-state index < -0.39 is 11.6 Å². The van der Waals surface area contributed by atoms with Crippen LogP contribution in [0, 0.1) is 5.92 Å². The molecule has 4 aromatic rings. The number of amides is 1. The molecule has 0 spiro atoms. The maximum Gasteiger partial charge on any atom is 0.232 e. The van der Waals surface area contributed by atoms with Crippen molar-refractivity contribution in [1.29, 1.82) is 0 Å². The average Bonchev–Trinajstić information content (AvgIpc) is 3.04. The molecule has 0 bridgehead atoms. The number of carbonyl (C=O) groups is 1. The topological polar surface area (TPSA) is 81.1 Å². The fraction of sp³-hybridized carbons (Fsp3) is 0.351. The van der Waals surface area contributed by atoms with Gasteiger partial charge in [-0.1, -0.05) is 41.9 Å². The maximum atomic E-state index is 14.0. The third-order valence-electron chi connectivity index (χ3n) is 8.76. The van der Waals surface area contributed by atoms with Crippen LogP contribution in [0.2, 0.25) is 5.02 Å². The van der Waals surface area contributed by atoms with Gasteiger partial charge in [0.2, 0.25) is 5.91 Å². The van der Waals surface area contributed by atoms with Crippen LogP contribution in [-0.4, -0.2) is 35.3 Å². The van der Waals surface area contributed by atoms with Gasteiger partial charge in [-0.25, -0.2) is 0 Å². The summed E-state index contributed by atoms with van der Waals surface area (Å²) in [5.41, 5.74) is 4.13. The quantitative estimate of drug-likeness (QED) is 0.208. The molecule has 6 rings (SSSR count). The molecule has 1 fully saturated rings. The minimum Gasteiger partial charge on any atom is -0.487 e. The minimum absolute atomic E-state index is 0.0420. The first-order valence-electron chi connectivity index (χ1n) is 15.5. The third-order valence-corrected chi connectivity index (χ3v) is 9.02. The Balaban J connectivity index is 1.39. The average molecular weight is 627 g/mol. The van der Waals surface area contributed by atoms with Gasteiger partial charge in [0.1, 0.15) is 6.61 Å². The number of halogens is 1.